The second-order valence-corrected chi connectivity index (χ2v) is 6.27. The molecule has 0 radical (unpaired) electrons. The van der Waals surface area contributed by atoms with Gasteiger partial charge in [0.15, 0.2) is 5.75 Å². The molecule has 0 aromatic heterocycles. The highest BCUT2D eigenvalue weighted by molar-refractivity contribution is 5.37. The molecule has 7 heteroatoms. The molecule has 140 valence electrons. The lowest BCUT2D eigenvalue weighted by Crippen LogP contribution is -2.38. The number of benzene rings is 2. The monoisotopic (exact) mass is 371 g/mol. The Morgan fingerprint density at radius 2 is 1.38 bits per heavy atom. The molecule has 1 aliphatic heterocycles. The van der Waals surface area contributed by atoms with E-state index in [1.807, 2.05) is 30.3 Å². The molecule has 2 aromatic carbocycles. The molecule has 2 nitrogen and oxygen atoms in total. The molecule has 0 spiro atoms. The highest BCUT2D eigenvalue weighted by atomic mass is 19.4. The summed E-state index contributed by atoms with van der Waals surface area (Å²) in [5.74, 6) is -5.11. The minimum absolute atomic E-state index is 0.322. The Morgan fingerprint density at radius 1 is 0.808 bits per heavy atom. The van der Waals surface area contributed by atoms with Crippen LogP contribution in [0.1, 0.15) is 29.9 Å². The lowest BCUT2D eigenvalue weighted by molar-refractivity contribution is -0.290. The summed E-state index contributed by atoms with van der Waals surface area (Å²) >= 11 is 0. The Morgan fingerprint density at radius 3 is 2.00 bits per heavy atom. The van der Waals surface area contributed by atoms with E-state index in [0.717, 1.165) is 31.0 Å². The van der Waals surface area contributed by atoms with E-state index >= 15 is 0 Å². The van der Waals surface area contributed by atoms with Gasteiger partial charge in [-0.3, -0.25) is 0 Å². The van der Waals surface area contributed by atoms with Crippen LogP contribution in [0.25, 0.3) is 0 Å². The van der Waals surface area contributed by atoms with Crippen molar-refractivity contribution in [3.05, 3.63) is 65.7 Å². The van der Waals surface area contributed by atoms with E-state index in [1.54, 1.807) is 0 Å². The molecule has 0 atom stereocenters. The Labute approximate surface area is 148 Å². The second kappa shape index (κ2) is 7.23. The molecule has 0 saturated carbocycles. The van der Waals surface area contributed by atoms with Gasteiger partial charge in [0.05, 0.1) is 5.56 Å². The quantitative estimate of drug-likeness (QED) is 0.657. The number of hydroxylamine groups is 2. The summed E-state index contributed by atoms with van der Waals surface area (Å²) in [5, 5.41) is 1.45. The molecule has 1 heterocycles. The fraction of sp³-hybridized carbons (Fsp3) is 0.368. The maximum atomic E-state index is 13.7. The Balaban J connectivity index is 1.70. The van der Waals surface area contributed by atoms with E-state index in [1.165, 1.54) is 16.7 Å². The van der Waals surface area contributed by atoms with Crippen LogP contribution in [-0.4, -0.2) is 24.3 Å². The van der Waals surface area contributed by atoms with Crippen molar-refractivity contribution in [2.45, 2.75) is 30.9 Å². The fourth-order valence-electron chi connectivity index (χ4n) is 3.10. The molecule has 1 aliphatic rings. The number of rotatable bonds is 4. The van der Waals surface area contributed by atoms with Crippen molar-refractivity contribution in [3.8, 4) is 5.75 Å². The first-order valence-electron chi connectivity index (χ1n) is 8.31. The van der Waals surface area contributed by atoms with Crippen LogP contribution in [-0.2, 0) is 5.92 Å². The standard InChI is InChI=1S/C19H18F5NO/c20-18(21,19(22,23)24)16-8-4-5-9-17(16)26-25-12-10-15(11-13-25)14-6-2-1-3-7-14/h1-9,15H,10-13H2. The molecule has 2 aromatic rings. The lowest BCUT2D eigenvalue weighted by Gasteiger charge is -2.32. The average Bonchev–Trinajstić information content (AvgIpc) is 2.62. The Bertz CT molecular complexity index is 724. The summed E-state index contributed by atoms with van der Waals surface area (Å²) in [5.41, 5.74) is 0.0221. The zero-order valence-electron chi connectivity index (χ0n) is 13.8. The first-order chi connectivity index (χ1) is 12.3. The maximum absolute atomic E-state index is 13.7. The maximum Gasteiger partial charge on any atom is 0.458 e. The number of nitrogens with zero attached hydrogens (tertiary/aromatic N) is 1. The van der Waals surface area contributed by atoms with E-state index in [0.29, 0.717) is 19.0 Å². The van der Waals surface area contributed by atoms with E-state index in [-0.39, 0.29) is 0 Å². The number of alkyl halides is 5. The summed E-state index contributed by atoms with van der Waals surface area (Å²) in [6.45, 7) is 0.900. The molecule has 1 saturated heterocycles. The lowest BCUT2D eigenvalue weighted by atomic mass is 9.90. The third-order valence-corrected chi connectivity index (χ3v) is 4.53. The Hall–Kier alpha value is -2.15. The largest absolute Gasteiger partial charge is 0.458 e. The van der Waals surface area contributed by atoms with Gasteiger partial charge >= 0.3 is 12.1 Å². The predicted octanol–water partition coefficient (Wildman–Crippen LogP) is 5.51. The van der Waals surface area contributed by atoms with E-state index in [9.17, 15) is 22.0 Å². The molecule has 3 rings (SSSR count). The number of hydrogen-bond acceptors (Lipinski definition) is 2. The van der Waals surface area contributed by atoms with Crippen LogP contribution in [0.4, 0.5) is 22.0 Å². The molecule has 0 bridgehead atoms. The van der Waals surface area contributed by atoms with Crippen LogP contribution >= 0.6 is 0 Å². The van der Waals surface area contributed by atoms with E-state index in [4.69, 9.17) is 4.84 Å². The highest BCUT2D eigenvalue weighted by Crippen LogP contribution is 2.47. The number of halogens is 5. The average molecular weight is 371 g/mol. The minimum Gasteiger partial charge on any atom is -0.405 e. The topological polar surface area (TPSA) is 12.5 Å². The summed E-state index contributed by atoms with van der Waals surface area (Å²) in [6.07, 6.45) is -4.20. The van der Waals surface area contributed by atoms with Crippen LogP contribution < -0.4 is 4.84 Å². The van der Waals surface area contributed by atoms with Crippen molar-refractivity contribution in [1.82, 2.24) is 5.06 Å². The van der Waals surface area contributed by atoms with Gasteiger partial charge in [0.2, 0.25) is 0 Å². The van der Waals surface area contributed by atoms with E-state index < -0.39 is 23.4 Å². The molecular formula is C19H18F5NO. The second-order valence-electron chi connectivity index (χ2n) is 6.27. The Kier molecular flexibility index (Phi) is 5.18. The van der Waals surface area contributed by atoms with Crippen molar-refractivity contribution in [2.24, 2.45) is 0 Å². The van der Waals surface area contributed by atoms with Gasteiger partial charge in [-0.1, -0.05) is 42.5 Å². The van der Waals surface area contributed by atoms with Crippen molar-refractivity contribution in [3.63, 3.8) is 0 Å². The van der Waals surface area contributed by atoms with Gasteiger partial charge < -0.3 is 4.84 Å². The number of hydrogen-bond donors (Lipinski definition) is 0. The molecule has 0 N–H and O–H groups in total. The zero-order valence-corrected chi connectivity index (χ0v) is 13.8. The van der Waals surface area contributed by atoms with Gasteiger partial charge in [-0.25, -0.2) is 0 Å². The van der Waals surface area contributed by atoms with Crippen LogP contribution in [0.5, 0.6) is 5.75 Å². The number of para-hydroxylation sites is 1. The predicted molar refractivity (Wildman–Crippen MR) is 87.0 cm³/mol. The molecule has 0 aliphatic carbocycles. The van der Waals surface area contributed by atoms with Gasteiger partial charge in [-0.15, -0.1) is 5.06 Å². The normalized spacial score (nSPS) is 17.3. The van der Waals surface area contributed by atoms with Gasteiger partial charge in [0, 0.05) is 13.1 Å². The van der Waals surface area contributed by atoms with Crippen molar-refractivity contribution < 1.29 is 26.8 Å². The van der Waals surface area contributed by atoms with Gasteiger partial charge in [-0.2, -0.15) is 22.0 Å². The highest BCUT2D eigenvalue weighted by Gasteiger charge is 2.60. The van der Waals surface area contributed by atoms with Crippen molar-refractivity contribution >= 4 is 0 Å². The van der Waals surface area contributed by atoms with Gasteiger partial charge in [0.25, 0.3) is 0 Å². The van der Waals surface area contributed by atoms with Crippen LogP contribution in [0.2, 0.25) is 0 Å². The first kappa shape index (κ1) is 18.6. The van der Waals surface area contributed by atoms with E-state index in [2.05, 4.69) is 0 Å². The molecule has 0 amide bonds. The third-order valence-electron chi connectivity index (χ3n) is 4.53. The molecule has 0 unspecified atom stereocenters. The minimum atomic E-state index is -5.67. The summed E-state index contributed by atoms with van der Waals surface area (Å²) in [6, 6.07) is 14.3. The fourth-order valence-corrected chi connectivity index (χ4v) is 3.10. The summed E-state index contributed by atoms with van der Waals surface area (Å²) < 4.78 is 65.6. The van der Waals surface area contributed by atoms with Crippen LogP contribution in [0, 0.1) is 0 Å². The van der Waals surface area contributed by atoms with Gasteiger partial charge in [0.1, 0.15) is 0 Å². The van der Waals surface area contributed by atoms with Gasteiger partial charge in [-0.05, 0) is 36.5 Å². The number of piperidine rings is 1. The zero-order chi connectivity index (χ0) is 18.8. The summed E-state index contributed by atoms with van der Waals surface area (Å²) in [7, 11) is 0. The SMILES string of the molecule is FC(F)(F)C(F)(F)c1ccccc1ON1CCC(c2ccccc2)CC1. The summed E-state index contributed by atoms with van der Waals surface area (Å²) in [4.78, 5) is 5.41. The smallest absolute Gasteiger partial charge is 0.405 e. The van der Waals surface area contributed by atoms with Crippen molar-refractivity contribution in [2.75, 3.05) is 13.1 Å². The third kappa shape index (κ3) is 3.82. The van der Waals surface area contributed by atoms with Crippen molar-refractivity contribution in [1.29, 1.82) is 0 Å². The molecule has 1 fully saturated rings. The molecular weight excluding hydrogens is 353 g/mol. The van der Waals surface area contributed by atoms with Crippen LogP contribution in [0.3, 0.4) is 0 Å². The first-order valence-corrected chi connectivity index (χ1v) is 8.31. The molecule has 26 heavy (non-hydrogen) atoms. The van der Waals surface area contributed by atoms with Crippen LogP contribution in [0.15, 0.2) is 54.6 Å².